The summed E-state index contributed by atoms with van der Waals surface area (Å²) in [6, 6.07) is 8.08. The van der Waals surface area contributed by atoms with Crippen molar-refractivity contribution in [3.8, 4) is 6.07 Å². The molecule has 0 atom stereocenters. The molecule has 140 valence electrons. The lowest BCUT2D eigenvalue weighted by atomic mass is 10.2. The summed E-state index contributed by atoms with van der Waals surface area (Å²) in [6.45, 7) is 5.80. The summed E-state index contributed by atoms with van der Waals surface area (Å²) in [5.41, 5.74) is 5.01. The molecule has 0 radical (unpaired) electrons. The minimum atomic E-state index is 0.109. The molecule has 3 heterocycles. The highest BCUT2D eigenvalue weighted by molar-refractivity contribution is 5.59. The Morgan fingerprint density at radius 1 is 1.19 bits per heavy atom. The zero-order valence-corrected chi connectivity index (χ0v) is 15.5. The molecule has 8 nitrogen and oxygen atoms in total. The number of pyridine rings is 1. The van der Waals surface area contributed by atoms with Gasteiger partial charge in [0.2, 0.25) is 0 Å². The Morgan fingerprint density at radius 2 is 2.00 bits per heavy atom. The molecule has 0 saturated heterocycles. The minimum Gasteiger partial charge on any atom is -0.395 e. The van der Waals surface area contributed by atoms with Crippen LogP contribution < -0.4 is 10.6 Å². The third-order valence-corrected chi connectivity index (χ3v) is 4.33. The maximum absolute atomic E-state index is 9.40. The van der Waals surface area contributed by atoms with Gasteiger partial charge >= 0.3 is 0 Å². The molecular weight excluding hydrogens is 342 g/mol. The molecule has 3 aromatic heterocycles. The van der Waals surface area contributed by atoms with E-state index in [-0.39, 0.29) is 6.61 Å². The topological polar surface area (TPSA) is 111 Å². The third kappa shape index (κ3) is 4.39. The van der Waals surface area contributed by atoms with Gasteiger partial charge in [0.05, 0.1) is 24.2 Å². The first-order chi connectivity index (χ1) is 13.1. The van der Waals surface area contributed by atoms with E-state index in [1.165, 1.54) is 0 Å². The van der Waals surface area contributed by atoms with Crippen molar-refractivity contribution in [3.05, 3.63) is 52.6 Å². The Kier molecular flexibility index (Phi) is 5.96. The van der Waals surface area contributed by atoms with Gasteiger partial charge in [-0.2, -0.15) is 10.4 Å². The highest BCUT2D eigenvalue weighted by Crippen LogP contribution is 2.18. The van der Waals surface area contributed by atoms with E-state index < -0.39 is 0 Å². The van der Waals surface area contributed by atoms with Crippen LogP contribution in [0.25, 0.3) is 5.65 Å². The standard InChI is InChI=1S/C19H23N7O/c1-13-14(2)25-26-12-15(10-20)18(24-19(13)26)22-7-6-16-4-3-5-17(23-16)11-21-8-9-27/h3-5,12,21,27H,6-9,11H2,1-2H3,(H,22,24). The lowest BCUT2D eigenvalue weighted by molar-refractivity contribution is 0.291. The maximum atomic E-state index is 9.40. The average molecular weight is 365 g/mol. The zero-order valence-electron chi connectivity index (χ0n) is 15.5. The first-order valence-corrected chi connectivity index (χ1v) is 8.89. The van der Waals surface area contributed by atoms with Gasteiger partial charge in [-0.3, -0.25) is 4.98 Å². The quantitative estimate of drug-likeness (QED) is 0.517. The summed E-state index contributed by atoms with van der Waals surface area (Å²) in [7, 11) is 0. The Hall–Kier alpha value is -3.02. The maximum Gasteiger partial charge on any atom is 0.160 e. The van der Waals surface area contributed by atoms with Crippen molar-refractivity contribution in [2.45, 2.75) is 26.8 Å². The number of aliphatic hydroxyl groups excluding tert-OH is 1. The molecule has 0 spiro atoms. The van der Waals surface area contributed by atoms with E-state index in [4.69, 9.17) is 5.11 Å². The molecule has 0 fully saturated rings. The van der Waals surface area contributed by atoms with Gasteiger partial charge in [-0.1, -0.05) is 6.07 Å². The van der Waals surface area contributed by atoms with Gasteiger partial charge in [0, 0.05) is 37.3 Å². The lowest BCUT2D eigenvalue weighted by Gasteiger charge is -2.09. The van der Waals surface area contributed by atoms with Crippen molar-refractivity contribution in [2.24, 2.45) is 0 Å². The molecular formula is C19H23N7O. The average Bonchev–Trinajstić information content (AvgIpc) is 2.95. The molecule has 3 N–H and O–H groups in total. The SMILES string of the molecule is Cc1nn2cc(C#N)c(NCCc3cccc(CNCCO)n3)nc2c1C. The number of aromatic nitrogens is 4. The summed E-state index contributed by atoms with van der Waals surface area (Å²) >= 11 is 0. The molecule has 0 unspecified atom stereocenters. The van der Waals surface area contributed by atoms with E-state index in [2.05, 4.69) is 31.8 Å². The fourth-order valence-corrected chi connectivity index (χ4v) is 2.78. The predicted octanol–water partition coefficient (Wildman–Crippen LogP) is 1.35. The van der Waals surface area contributed by atoms with Crippen LogP contribution in [-0.2, 0) is 13.0 Å². The highest BCUT2D eigenvalue weighted by atomic mass is 16.3. The number of hydrogen-bond acceptors (Lipinski definition) is 7. The van der Waals surface area contributed by atoms with Gasteiger partial charge in [-0.25, -0.2) is 9.50 Å². The number of fused-ring (bicyclic) bond motifs is 1. The van der Waals surface area contributed by atoms with Crippen LogP contribution in [0.2, 0.25) is 0 Å². The molecule has 0 aliphatic heterocycles. The van der Waals surface area contributed by atoms with Gasteiger partial charge in [0.1, 0.15) is 17.5 Å². The summed E-state index contributed by atoms with van der Waals surface area (Å²) in [5.74, 6) is 0.564. The number of rotatable bonds is 8. The summed E-state index contributed by atoms with van der Waals surface area (Å²) in [6.07, 6.45) is 2.42. The molecule has 3 aromatic rings. The monoisotopic (exact) mass is 365 g/mol. The van der Waals surface area contributed by atoms with Crippen LogP contribution in [0.5, 0.6) is 0 Å². The van der Waals surface area contributed by atoms with Crippen LogP contribution in [0, 0.1) is 25.2 Å². The second-order valence-electron chi connectivity index (χ2n) is 6.29. The number of nitrogens with zero attached hydrogens (tertiary/aromatic N) is 5. The molecule has 27 heavy (non-hydrogen) atoms. The van der Waals surface area contributed by atoms with Crippen molar-refractivity contribution in [2.75, 3.05) is 25.0 Å². The fraction of sp³-hybridized carbons (Fsp3) is 0.368. The van der Waals surface area contributed by atoms with E-state index in [0.29, 0.717) is 37.4 Å². The number of hydrogen-bond donors (Lipinski definition) is 3. The fourth-order valence-electron chi connectivity index (χ4n) is 2.78. The lowest BCUT2D eigenvalue weighted by Crippen LogP contribution is -2.18. The van der Waals surface area contributed by atoms with E-state index >= 15 is 0 Å². The van der Waals surface area contributed by atoms with Gasteiger partial charge < -0.3 is 15.7 Å². The smallest absolute Gasteiger partial charge is 0.160 e. The van der Waals surface area contributed by atoms with E-state index in [0.717, 1.165) is 28.3 Å². The Labute approximate surface area is 157 Å². The van der Waals surface area contributed by atoms with Gasteiger partial charge in [-0.15, -0.1) is 0 Å². The molecule has 3 rings (SSSR count). The van der Waals surface area contributed by atoms with Gasteiger partial charge in [0.15, 0.2) is 5.65 Å². The largest absolute Gasteiger partial charge is 0.395 e. The summed E-state index contributed by atoms with van der Waals surface area (Å²) in [4.78, 5) is 9.18. The van der Waals surface area contributed by atoms with Crippen molar-refractivity contribution >= 4 is 11.5 Å². The second-order valence-corrected chi connectivity index (χ2v) is 6.29. The van der Waals surface area contributed by atoms with Crippen molar-refractivity contribution in [1.82, 2.24) is 24.9 Å². The number of anilines is 1. The molecule has 0 aliphatic rings. The molecule has 0 aliphatic carbocycles. The van der Waals surface area contributed by atoms with Crippen LogP contribution in [-0.4, -0.2) is 44.4 Å². The zero-order chi connectivity index (χ0) is 19.2. The van der Waals surface area contributed by atoms with Gasteiger partial charge in [0.25, 0.3) is 0 Å². The molecule has 0 aromatic carbocycles. The number of aryl methyl sites for hydroxylation is 2. The summed E-state index contributed by atoms with van der Waals surface area (Å²) < 4.78 is 1.65. The second kappa shape index (κ2) is 8.58. The third-order valence-electron chi connectivity index (χ3n) is 4.33. The number of nitriles is 1. The van der Waals surface area contributed by atoms with Crippen molar-refractivity contribution in [3.63, 3.8) is 0 Å². The highest BCUT2D eigenvalue weighted by Gasteiger charge is 2.11. The number of aliphatic hydroxyl groups is 1. The molecule has 8 heteroatoms. The predicted molar refractivity (Wildman–Crippen MR) is 102 cm³/mol. The normalized spacial score (nSPS) is 10.9. The van der Waals surface area contributed by atoms with Crippen LogP contribution >= 0.6 is 0 Å². The van der Waals surface area contributed by atoms with E-state index in [9.17, 15) is 5.26 Å². The summed E-state index contributed by atoms with van der Waals surface area (Å²) in [5, 5.41) is 29.0. The van der Waals surface area contributed by atoms with Crippen molar-refractivity contribution < 1.29 is 5.11 Å². The van der Waals surface area contributed by atoms with E-state index in [1.807, 2.05) is 32.0 Å². The Morgan fingerprint density at radius 3 is 2.78 bits per heavy atom. The Bertz CT molecular complexity index is 974. The molecule has 0 amide bonds. The number of nitrogens with one attached hydrogen (secondary N) is 2. The molecule has 0 bridgehead atoms. The van der Waals surface area contributed by atoms with Crippen LogP contribution in [0.4, 0.5) is 5.82 Å². The van der Waals surface area contributed by atoms with Gasteiger partial charge in [-0.05, 0) is 26.0 Å². The first kappa shape index (κ1) is 18.8. The minimum absolute atomic E-state index is 0.109. The van der Waals surface area contributed by atoms with E-state index in [1.54, 1.807) is 10.7 Å². The van der Waals surface area contributed by atoms with Crippen LogP contribution in [0.1, 0.15) is 28.2 Å². The van der Waals surface area contributed by atoms with Crippen molar-refractivity contribution in [1.29, 1.82) is 5.26 Å². The Balaban J connectivity index is 1.67. The van der Waals surface area contributed by atoms with Crippen LogP contribution in [0.15, 0.2) is 24.4 Å². The first-order valence-electron chi connectivity index (χ1n) is 8.89. The van der Waals surface area contributed by atoms with Crippen LogP contribution in [0.3, 0.4) is 0 Å². The molecule has 0 saturated carbocycles.